The topological polar surface area (TPSA) is 130 Å². The summed E-state index contributed by atoms with van der Waals surface area (Å²) in [6, 6.07) is 10.2. The van der Waals surface area contributed by atoms with Gasteiger partial charge in [-0.25, -0.2) is 18.4 Å². The van der Waals surface area contributed by atoms with Gasteiger partial charge >= 0.3 is 5.97 Å². The normalized spacial score (nSPS) is 11.1. The molecule has 0 saturated heterocycles. The standard InChI is InChI=1S/C23H26N4O6S/c1-16-14-25-22(23(26-16)32-3)27-34(29,30)19-6-4-12-24-21(19)18-10-8-17(9-11-18)15-33-13-5-7-20(28)31-2/h4,6,8-12,14H,5,7,13,15H2,1-3H3,(H,25,27). The number of esters is 1. The number of aromatic nitrogens is 3. The summed E-state index contributed by atoms with van der Waals surface area (Å²) >= 11 is 0. The van der Waals surface area contributed by atoms with Gasteiger partial charge in [-0.15, -0.1) is 0 Å². The predicted octanol–water partition coefficient (Wildman–Crippen LogP) is 3.13. The molecule has 1 N–H and O–H groups in total. The Morgan fingerprint density at radius 3 is 2.56 bits per heavy atom. The van der Waals surface area contributed by atoms with Crippen LogP contribution in [0.3, 0.4) is 0 Å². The molecule has 11 heteroatoms. The minimum absolute atomic E-state index is 0.00811. The van der Waals surface area contributed by atoms with E-state index in [2.05, 4.69) is 24.4 Å². The lowest BCUT2D eigenvalue weighted by molar-refractivity contribution is -0.141. The molecule has 0 unspecified atom stereocenters. The highest BCUT2D eigenvalue weighted by Gasteiger charge is 2.23. The first-order chi connectivity index (χ1) is 16.3. The highest BCUT2D eigenvalue weighted by atomic mass is 32.2. The minimum atomic E-state index is -4.03. The molecular weight excluding hydrogens is 460 g/mol. The molecule has 10 nitrogen and oxygen atoms in total. The van der Waals surface area contributed by atoms with E-state index in [9.17, 15) is 13.2 Å². The first-order valence-corrected chi connectivity index (χ1v) is 11.9. The molecule has 0 aliphatic carbocycles. The van der Waals surface area contributed by atoms with Gasteiger partial charge < -0.3 is 14.2 Å². The number of pyridine rings is 1. The Bertz CT molecular complexity index is 1230. The van der Waals surface area contributed by atoms with Crippen LogP contribution in [-0.2, 0) is 30.9 Å². The molecule has 0 atom stereocenters. The number of sulfonamides is 1. The maximum absolute atomic E-state index is 13.2. The number of hydrogen-bond donors (Lipinski definition) is 1. The maximum Gasteiger partial charge on any atom is 0.305 e. The van der Waals surface area contributed by atoms with Gasteiger partial charge in [-0.3, -0.25) is 14.5 Å². The predicted molar refractivity (Wildman–Crippen MR) is 125 cm³/mol. The number of benzene rings is 1. The lowest BCUT2D eigenvalue weighted by Gasteiger charge is -2.13. The molecule has 3 aromatic rings. The van der Waals surface area contributed by atoms with E-state index in [1.807, 2.05) is 12.1 Å². The van der Waals surface area contributed by atoms with Crippen LogP contribution < -0.4 is 9.46 Å². The molecule has 0 aliphatic rings. The van der Waals surface area contributed by atoms with Gasteiger partial charge in [0.1, 0.15) is 4.90 Å². The molecule has 2 heterocycles. The van der Waals surface area contributed by atoms with Crippen LogP contribution in [0.5, 0.6) is 5.88 Å². The van der Waals surface area contributed by atoms with E-state index < -0.39 is 10.0 Å². The lowest BCUT2D eigenvalue weighted by Crippen LogP contribution is -2.16. The Kier molecular flexibility index (Phi) is 8.50. The van der Waals surface area contributed by atoms with Gasteiger partial charge in [0.05, 0.1) is 38.4 Å². The number of methoxy groups -OCH3 is 2. The highest BCUT2D eigenvalue weighted by Crippen LogP contribution is 2.28. The van der Waals surface area contributed by atoms with E-state index in [0.717, 1.165) is 5.56 Å². The largest absolute Gasteiger partial charge is 0.478 e. The molecule has 2 aromatic heterocycles. The van der Waals surface area contributed by atoms with Crippen molar-refractivity contribution in [3.63, 3.8) is 0 Å². The summed E-state index contributed by atoms with van der Waals surface area (Å²) in [6.45, 7) is 2.52. The smallest absolute Gasteiger partial charge is 0.305 e. The quantitative estimate of drug-likeness (QED) is 0.321. The fourth-order valence-electron chi connectivity index (χ4n) is 3.04. The van der Waals surface area contributed by atoms with Gasteiger partial charge in [-0.05, 0) is 31.0 Å². The molecule has 0 radical (unpaired) electrons. The molecule has 180 valence electrons. The number of nitrogens with one attached hydrogen (secondary N) is 1. The zero-order chi connectivity index (χ0) is 24.6. The summed E-state index contributed by atoms with van der Waals surface area (Å²) in [4.78, 5) is 23.6. The Labute approximate surface area is 198 Å². The van der Waals surface area contributed by atoms with Crippen molar-refractivity contribution in [2.75, 3.05) is 25.5 Å². The lowest BCUT2D eigenvalue weighted by atomic mass is 10.1. The molecule has 1 aromatic carbocycles. The zero-order valence-corrected chi connectivity index (χ0v) is 20.0. The van der Waals surface area contributed by atoms with Crippen molar-refractivity contribution in [1.82, 2.24) is 15.0 Å². The van der Waals surface area contributed by atoms with E-state index in [1.54, 1.807) is 25.1 Å². The SMILES string of the molecule is COC(=O)CCCOCc1ccc(-c2ncccc2S(=O)(=O)Nc2ncc(C)nc2OC)cc1. The summed E-state index contributed by atoms with van der Waals surface area (Å²) in [6.07, 6.45) is 3.85. The van der Waals surface area contributed by atoms with Crippen LogP contribution in [0.25, 0.3) is 11.3 Å². The van der Waals surface area contributed by atoms with E-state index in [-0.39, 0.29) is 22.6 Å². The number of aryl methyl sites for hydroxylation is 1. The van der Waals surface area contributed by atoms with Crippen molar-refractivity contribution in [2.45, 2.75) is 31.3 Å². The van der Waals surface area contributed by atoms with Crippen molar-refractivity contribution < 1.29 is 27.4 Å². The maximum atomic E-state index is 13.2. The van der Waals surface area contributed by atoms with Gasteiger partial charge in [-0.2, -0.15) is 0 Å². The molecule has 0 saturated carbocycles. The number of anilines is 1. The number of carbonyl (C=O) groups excluding carboxylic acids is 1. The Hall–Kier alpha value is -3.57. The van der Waals surface area contributed by atoms with Crippen LogP contribution in [0, 0.1) is 6.92 Å². The van der Waals surface area contributed by atoms with E-state index in [1.165, 1.54) is 32.7 Å². The van der Waals surface area contributed by atoms with Crippen molar-refractivity contribution in [1.29, 1.82) is 0 Å². The average molecular weight is 487 g/mol. The van der Waals surface area contributed by atoms with Crippen LogP contribution >= 0.6 is 0 Å². The van der Waals surface area contributed by atoms with Gasteiger partial charge in [-0.1, -0.05) is 24.3 Å². The molecular formula is C23H26N4O6S. The van der Waals surface area contributed by atoms with Crippen molar-refractivity contribution in [2.24, 2.45) is 0 Å². The third kappa shape index (κ3) is 6.49. The number of rotatable bonds is 11. The van der Waals surface area contributed by atoms with Crippen molar-refractivity contribution >= 4 is 21.8 Å². The molecule has 34 heavy (non-hydrogen) atoms. The van der Waals surface area contributed by atoms with Gasteiger partial charge in [0.2, 0.25) is 5.82 Å². The third-order valence-electron chi connectivity index (χ3n) is 4.74. The summed E-state index contributed by atoms with van der Waals surface area (Å²) < 4.78 is 44.1. The second-order valence-electron chi connectivity index (χ2n) is 7.25. The van der Waals surface area contributed by atoms with Gasteiger partial charge in [0, 0.05) is 24.8 Å². The number of hydrogen-bond acceptors (Lipinski definition) is 9. The summed E-state index contributed by atoms with van der Waals surface area (Å²) in [7, 11) is -1.29. The van der Waals surface area contributed by atoms with Gasteiger partial charge in [0.15, 0.2) is 0 Å². The van der Waals surface area contributed by atoms with Crippen molar-refractivity contribution in [3.05, 3.63) is 60.0 Å². The Morgan fingerprint density at radius 2 is 1.85 bits per heavy atom. The summed E-state index contributed by atoms with van der Waals surface area (Å²) in [5, 5.41) is 0. The fraction of sp³-hybridized carbons (Fsp3) is 0.304. The molecule has 3 rings (SSSR count). The fourth-order valence-corrected chi connectivity index (χ4v) is 4.23. The third-order valence-corrected chi connectivity index (χ3v) is 6.11. The summed E-state index contributed by atoms with van der Waals surface area (Å²) in [5.74, 6) is -0.205. The van der Waals surface area contributed by atoms with E-state index in [0.29, 0.717) is 43.0 Å². The average Bonchev–Trinajstić information content (AvgIpc) is 2.85. The zero-order valence-electron chi connectivity index (χ0n) is 19.1. The molecule has 0 amide bonds. The summed E-state index contributed by atoms with van der Waals surface area (Å²) in [5.41, 5.74) is 2.41. The first-order valence-electron chi connectivity index (χ1n) is 10.4. The van der Waals surface area contributed by atoms with Gasteiger partial charge in [0.25, 0.3) is 15.9 Å². The van der Waals surface area contributed by atoms with Crippen molar-refractivity contribution in [3.8, 4) is 17.1 Å². The molecule has 0 fully saturated rings. The number of nitrogens with zero attached hydrogens (tertiary/aromatic N) is 3. The first kappa shape index (κ1) is 25.1. The van der Waals surface area contributed by atoms with Crippen LogP contribution in [0.2, 0.25) is 0 Å². The van der Waals surface area contributed by atoms with Crippen LogP contribution in [-0.4, -0.2) is 50.2 Å². The number of ether oxygens (including phenoxy) is 3. The molecule has 0 bridgehead atoms. The Balaban J connectivity index is 1.74. The highest BCUT2D eigenvalue weighted by molar-refractivity contribution is 7.92. The van der Waals surface area contributed by atoms with Crippen LogP contribution in [0.1, 0.15) is 24.1 Å². The molecule has 0 aliphatic heterocycles. The van der Waals surface area contributed by atoms with E-state index in [4.69, 9.17) is 9.47 Å². The second-order valence-corrected chi connectivity index (χ2v) is 8.90. The Morgan fingerprint density at radius 1 is 1.09 bits per heavy atom. The second kappa shape index (κ2) is 11.5. The van der Waals surface area contributed by atoms with Crippen LogP contribution in [0.15, 0.2) is 53.7 Å². The van der Waals surface area contributed by atoms with Crippen LogP contribution in [0.4, 0.5) is 5.82 Å². The number of carbonyl (C=O) groups is 1. The molecule has 0 spiro atoms. The monoisotopic (exact) mass is 486 g/mol. The van der Waals surface area contributed by atoms with E-state index >= 15 is 0 Å². The minimum Gasteiger partial charge on any atom is -0.478 e.